The Morgan fingerprint density at radius 3 is 2.46 bits per heavy atom. The molecule has 3 aromatic rings. The predicted octanol–water partition coefficient (Wildman–Crippen LogP) is 6.18. The van der Waals surface area contributed by atoms with Gasteiger partial charge in [0.2, 0.25) is 0 Å². The summed E-state index contributed by atoms with van der Waals surface area (Å²) in [7, 11) is 0. The molecule has 0 aromatic heterocycles. The van der Waals surface area contributed by atoms with Crippen molar-refractivity contribution in [2.75, 3.05) is 23.8 Å². The van der Waals surface area contributed by atoms with E-state index >= 15 is 0 Å². The van der Waals surface area contributed by atoms with E-state index in [4.69, 9.17) is 9.47 Å². The van der Waals surface area contributed by atoms with Crippen molar-refractivity contribution in [2.45, 2.75) is 27.7 Å². The average Bonchev–Trinajstić information content (AvgIpc) is 2.84. The summed E-state index contributed by atoms with van der Waals surface area (Å²) in [6.45, 7) is 7.80. The zero-order chi connectivity index (χ0) is 26.9. The minimum absolute atomic E-state index is 0.0543. The second kappa shape index (κ2) is 12.9. The van der Waals surface area contributed by atoms with Crippen molar-refractivity contribution >= 4 is 51.9 Å². The van der Waals surface area contributed by atoms with Gasteiger partial charge in [-0.3, -0.25) is 9.59 Å². The molecule has 0 aliphatic heterocycles. The Hall–Kier alpha value is -3.84. The highest BCUT2D eigenvalue weighted by Gasteiger charge is 2.16. The molecule has 0 bridgehead atoms. The lowest BCUT2D eigenvalue weighted by atomic mass is 10.1. The van der Waals surface area contributed by atoms with Gasteiger partial charge in [0.25, 0.3) is 11.8 Å². The Kier molecular flexibility index (Phi) is 9.69. The van der Waals surface area contributed by atoms with Gasteiger partial charge in [-0.05, 0) is 109 Å². The highest BCUT2D eigenvalue weighted by Crippen LogP contribution is 2.35. The van der Waals surface area contributed by atoms with Crippen molar-refractivity contribution in [3.05, 3.63) is 86.0 Å². The van der Waals surface area contributed by atoms with Crippen LogP contribution in [0.15, 0.2) is 60.2 Å². The maximum Gasteiger partial charge on any atom is 0.266 e. The van der Waals surface area contributed by atoms with E-state index in [0.717, 1.165) is 22.4 Å². The van der Waals surface area contributed by atoms with Gasteiger partial charge >= 0.3 is 0 Å². The summed E-state index contributed by atoms with van der Waals surface area (Å²) >= 11 is 2.08. The Balaban J connectivity index is 1.78. The van der Waals surface area contributed by atoms with Crippen molar-refractivity contribution < 1.29 is 19.1 Å². The third-order valence-corrected chi connectivity index (χ3v) is 6.10. The number of nitriles is 1. The molecule has 3 aromatic carbocycles. The number of benzene rings is 3. The monoisotopic (exact) mass is 609 g/mol. The molecule has 0 fully saturated rings. The second-order valence-electron chi connectivity index (χ2n) is 8.41. The molecule has 2 amide bonds. The van der Waals surface area contributed by atoms with Crippen LogP contribution in [0.1, 0.15) is 29.2 Å². The number of hydrogen-bond donors (Lipinski definition) is 2. The first-order chi connectivity index (χ1) is 17.7. The Labute approximate surface area is 230 Å². The zero-order valence-electron chi connectivity index (χ0n) is 21.1. The summed E-state index contributed by atoms with van der Waals surface area (Å²) in [5.74, 6) is 0.0232. The van der Waals surface area contributed by atoms with Gasteiger partial charge < -0.3 is 20.1 Å². The summed E-state index contributed by atoms with van der Waals surface area (Å²) in [6.07, 6.45) is 1.49. The number of aryl methyl sites for hydroxylation is 3. The number of nitrogens with one attached hydrogen (secondary N) is 2. The van der Waals surface area contributed by atoms with Crippen LogP contribution in [-0.4, -0.2) is 25.0 Å². The Morgan fingerprint density at radius 2 is 1.76 bits per heavy atom. The molecule has 0 saturated heterocycles. The fourth-order valence-corrected chi connectivity index (χ4v) is 4.29. The zero-order valence-corrected chi connectivity index (χ0v) is 23.3. The maximum atomic E-state index is 12.7. The molecule has 0 heterocycles. The minimum atomic E-state index is -0.510. The van der Waals surface area contributed by atoms with Crippen LogP contribution in [0.5, 0.6) is 11.5 Å². The third kappa shape index (κ3) is 7.82. The summed E-state index contributed by atoms with van der Waals surface area (Å²) < 4.78 is 12.3. The summed E-state index contributed by atoms with van der Waals surface area (Å²) in [5, 5.41) is 15.2. The first kappa shape index (κ1) is 27.7. The molecule has 0 unspecified atom stereocenters. The minimum Gasteiger partial charge on any atom is -0.490 e. The maximum absolute atomic E-state index is 12.7. The van der Waals surface area contributed by atoms with Gasteiger partial charge in [-0.2, -0.15) is 5.26 Å². The van der Waals surface area contributed by atoms with E-state index in [-0.39, 0.29) is 18.1 Å². The van der Waals surface area contributed by atoms with Gasteiger partial charge in [-0.25, -0.2) is 0 Å². The topological polar surface area (TPSA) is 100 Å². The molecule has 0 saturated carbocycles. The molecular weight excluding hydrogens is 581 g/mol. The number of carbonyl (C=O) groups excluding carboxylic acids is 2. The van der Waals surface area contributed by atoms with Gasteiger partial charge in [0, 0.05) is 11.4 Å². The van der Waals surface area contributed by atoms with Crippen LogP contribution >= 0.6 is 22.6 Å². The number of nitrogens with zero attached hydrogens (tertiary/aromatic N) is 1. The molecule has 7 nitrogen and oxygen atoms in total. The standard InChI is InChI=1S/C29H28IN3O4/c1-5-36-26-15-21(13-22(16-31)29(35)32-23-8-6-7-18(2)11-23)14-24(30)28(26)37-17-27(34)33-25-12-19(3)9-10-20(25)4/h6-15H,5,17H2,1-4H3,(H,32,35)(H,33,34)/b22-13+. The predicted molar refractivity (Wildman–Crippen MR) is 154 cm³/mol. The average molecular weight is 609 g/mol. The van der Waals surface area contributed by atoms with Gasteiger partial charge in [0.05, 0.1) is 10.2 Å². The largest absolute Gasteiger partial charge is 0.490 e. The molecule has 0 aliphatic rings. The van der Waals surface area contributed by atoms with Gasteiger partial charge in [0.1, 0.15) is 11.6 Å². The molecule has 2 N–H and O–H groups in total. The van der Waals surface area contributed by atoms with Crippen LogP contribution in [0.2, 0.25) is 0 Å². The smallest absolute Gasteiger partial charge is 0.266 e. The summed E-state index contributed by atoms with van der Waals surface area (Å²) in [4.78, 5) is 25.2. The highest BCUT2D eigenvalue weighted by molar-refractivity contribution is 14.1. The van der Waals surface area contributed by atoms with Crippen molar-refractivity contribution in [3.8, 4) is 17.6 Å². The first-order valence-corrected chi connectivity index (χ1v) is 12.7. The van der Waals surface area contributed by atoms with Crippen LogP contribution in [0.4, 0.5) is 11.4 Å². The lowest BCUT2D eigenvalue weighted by molar-refractivity contribution is -0.118. The molecule has 0 radical (unpaired) electrons. The van der Waals surface area contributed by atoms with Gasteiger partial charge in [0.15, 0.2) is 18.1 Å². The van der Waals surface area contributed by atoms with Crippen LogP contribution in [-0.2, 0) is 9.59 Å². The number of amides is 2. The second-order valence-corrected chi connectivity index (χ2v) is 9.57. The van der Waals surface area contributed by atoms with E-state index in [1.165, 1.54) is 6.08 Å². The highest BCUT2D eigenvalue weighted by atomic mass is 127. The lowest BCUT2D eigenvalue weighted by Crippen LogP contribution is -2.21. The summed E-state index contributed by atoms with van der Waals surface area (Å²) in [5.41, 5.74) is 4.88. The van der Waals surface area contributed by atoms with E-state index in [9.17, 15) is 14.9 Å². The van der Waals surface area contributed by atoms with E-state index in [1.54, 1.807) is 18.2 Å². The van der Waals surface area contributed by atoms with Gasteiger partial charge in [-0.15, -0.1) is 0 Å². The van der Waals surface area contributed by atoms with Crippen LogP contribution < -0.4 is 20.1 Å². The summed E-state index contributed by atoms with van der Waals surface area (Å²) in [6, 6.07) is 18.6. The van der Waals surface area contributed by atoms with E-state index in [2.05, 4.69) is 33.2 Å². The number of ether oxygens (including phenoxy) is 2. The van der Waals surface area contributed by atoms with Gasteiger partial charge in [-0.1, -0.05) is 24.3 Å². The number of rotatable bonds is 9. The molecule has 8 heteroatoms. The number of halogens is 1. The Morgan fingerprint density at radius 1 is 1.00 bits per heavy atom. The van der Waals surface area contributed by atoms with Crippen molar-refractivity contribution in [1.82, 2.24) is 0 Å². The van der Waals surface area contributed by atoms with Crippen molar-refractivity contribution in [2.24, 2.45) is 0 Å². The van der Waals surface area contributed by atoms with Crippen LogP contribution in [0.25, 0.3) is 6.08 Å². The van der Waals surface area contributed by atoms with Crippen LogP contribution in [0, 0.1) is 35.7 Å². The molecule has 37 heavy (non-hydrogen) atoms. The molecule has 3 rings (SSSR count). The quantitative estimate of drug-likeness (QED) is 0.172. The van der Waals surface area contributed by atoms with E-state index < -0.39 is 5.91 Å². The number of anilines is 2. The number of carbonyl (C=O) groups is 2. The first-order valence-electron chi connectivity index (χ1n) is 11.7. The van der Waals surface area contributed by atoms with Crippen molar-refractivity contribution in [1.29, 1.82) is 5.26 Å². The fourth-order valence-electron chi connectivity index (χ4n) is 3.51. The molecule has 0 aliphatic carbocycles. The molecule has 190 valence electrons. The lowest BCUT2D eigenvalue weighted by Gasteiger charge is -2.15. The number of hydrogen-bond acceptors (Lipinski definition) is 5. The third-order valence-electron chi connectivity index (χ3n) is 5.30. The SMILES string of the molecule is CCOc1cc(/C=C(\C#N)C(=O)Nc2cccc(C)c2)cc(I)c1OCC(=O)Nc1cc(C)ccc1C. The fraction of sp³-hybridized carbons (Fsp3) is 0.207. The van der Waals surface area contributed by atoms with Crippen molar-refractivity contribution in [3.63, 3.8) is 0 Å². The Bertz CT molecular complexity index is 1390. The van der Waals surface area contributed by atoms with E-state index in [0.29, 0.717) is 32.9 Å². The van der Waals surface area contributed by atoms with Crippen LogP contribution in [0.3, 0.4) is 0 Å². The molecular formula is C29H28IN3O4. The van der Waals surface area contributed by atoms with E-state index in [1.807, 2.05) is 70.2 Å². The molecule has 0 atom stereocenters. The normalized spacial score (nSPS) is 10.9. The molecule has 0 spiro atoms.